The maximum atomic E-state index is 11.3. The molecular formula is C9H17N3O2S. The molecule has 15 heavy (non-hydrogen) atoms. The molecule has 2 amide bonds. The van der Waals surface area contributed by atoms with E-state index in [0.717, 1.165) is 12.8 Å². The molecule has 1 aliphatic carbocycles. The second-order valence-electron chi connectivity index (χ2n) is 3.64. The minimum Gasteiger partial charge on any atom is -0.353 e. The lowest BCUT2D eigenvalue weighted by atomic mass is 10.4. The van der Waals surface area contributed by atoms with Crippen molar-refractivity contribution in [3.8, 4) is 0 Å². The normalized spacial score (nSPS) is 16.9. The first-order chi connectivity index (χ1) is 7.12. The maximum Gasteiger partial charge on any atom is 0.239 e. The number of amides is 2. The van der Waals surface area contributed by atoms with E-state index in [4.69, 9.17) is 5.73 Å². The number of hydrogen-bond donors (Lipinski definition) is 3. The van der Waals surface area contributed by atoms with Crippen molar-refractivity contribution in [1.82, 2.24) is 10.6 Å². The van der Waals surface area contributed by atoms with Crippen molar-refractivity contribution in [3.63, 3.8) is 0 Å². The third-order valence-corrected chi connectivity index (χ3v) is 3.90. The molecule has 0 atom stereocenters. The minimum atomic E-state index is -0.309. The summed E-state index contributed by atoms with van der Waals surface area (Å²) in [6, 6.07) is 0. The summed E-state index contributed by atoms with van der Waals surface area (Å²) in [5.41, 5.74) is 5.09. The molecule has 0 aromatic carbocycles. The Labute approximate surface area is 93.5 Å². The number of thioether (sulfide) groups is 1. The van der Waals surface area contributed by atoms with Crippen LogP contribution in [0.4, 0.5) is 0 Å². The molecule has 1 saturated carbocycles. The number of nitrogens with one attached hydrogen (secondary N) is 2. The molecule has 1 fully saturated rings. The standard InChI is InChI=1S/C9H17N3O2S/c1-15-9(2-3-9)6-12-8(14)5-11-7(13)4-10/h2-6,10H2,1H3,(H,11,13)(H,12,14). The third-order valence-electron chi connectivity index (χ3n) is 2.48. The van der Waals surface area contributed by atoms with Crippen LogP contribution in [0.5, 0.6) is 0 Å². The molecule has 0 aliphatic heterocycles. The van der Waals surface area contributed by atoms with Crippen LogP contribution in [0.15, 0.2) is 0 Å². The van der Waals surface area contributed by atoms with E-state index in [9.17, 15) is 9.59 Å². The number of carbonyl (C=O) groups excluding carboxylic acids is 2. The highest BCUT2D eigenvalue weighted by molar-refractivity contribution is 8.00. The summed E-state index contributed by atoms with van der Waals surface area (Å²) in [6.45, 7) is 0.619. The Morgan fingerprint density at radius 1 is 1.33 bits per heavy atom. The van der Waals surface area contributed by atoms with E-state index in [2.05, 4.69) is 16.9 Å². The molecule has 4 N–H and O–H groups in total. The van der Waals surface area contributed by atoms with Crippen LogP contribution >= 0.6 is 11.8 Å². The Balaban J connectivity index is 2.11. The van der Waals surface area contributed by atoms with Crippen LogP contribution in [0.2, 0.25) is 0 Å². The second-order valence-corrected chi connectivity index (χ2v) is 4.92. The summed E-state index contributed by atoms with van der Waals surface area (Å²) < 4.78 is 0.257. The van der Waals surface area contributed by atoms with Gasteiger partial charge in [0.05, 0.1) is 13.1 Å². The molecule has 0 unspecified atom stereocenters. The lowest BCUT2D eigenvalue weighted by Crippen LogP contribution is -2.41. The number of nitrogens with two attached hydrogens (primary N) is 1. The Hall–Kier alpha value is -0.750. The van der Waals surface area contributed by atoms with E-state index in [-0.39, 0.29) is 29.7 Å². The van der Waals surface area contributed by atoms with Gasteiger partial charge in [0.1, 0.15) is 0 Å². The van der Waals surface area contributed by atoms with Gasteiger partial charge in [-0.3, -0.25) is 9.59 Å². The highest BCUT2D eigenvalue weighted by Crippen LogP contribution is 2.46. The zero-order valence-corrected chi connectivity index (χ0v) is 9.65. The van der Waals surface area contributed by atoms with Gasteiger partial charge in [0, 0.05) is 11.3 Å². The summed E-state index contributed by atoms with van der Waals surface area (Å²) in [5.74, 6) is -0.465. The first-order valence-electron chi connectivity index (χ1n) is 4.90. The van der Waals surface area contributed by atoms with Crippen LogP contribution in [0.3, 0.4) is 0 Å². The van der Waals surface area contributed by atoms with Crippen LogP contribution in [0.1, 0.15) is 12.8 Å². The van der Waals surface area contributed by atoms with Gasteiger partial charge in [0.15, 0.2) is 0 Å². The van der Waals surface area contributed by atoms with Gasteiger partial charge >= 0.3 is 0 Å². The molecule has 0 aromatic rings. The fraction of sp³-hybridized carbons (Fsp3) is 0.778. The van der Waals surface area contributed by atoms with Crippen LogP contribution in [0.25, 0.3) is 0 Å². The van der Waals surface area contributed by atoms with Crippen molar-refractivity contribution < 1.29 is 9.59 Å². The second kappa shape index (κ2) is 5.37. The number of carbonyl (C=O) groups is 2. The average Bonchev–Trinajstić information content (AvgIpc) is 3.03. The topological polar surface area (TPSA) is 84.2 Å². The van der Waals surface area contributed by atoms with E-state index >= 15 is 0 Å². The maximum absolute atomic E-state index is 11.3. The van der Waals surface area contributed by atoms with E-state index < -0.39 is 0 Å². The first-order valence-corrected chi connectivity index (χ1v) is 6.13. The molecule has 0 saturated heterocycles. The first kappa shape index (κ1) is 12.3. The van der Waals surface area contributed by atoms with Crippen molar-refractivity contribution in [2.75, 3.05) is 25.9 Å². The number of hydrogen-bond acceptors (Lipinski definition) is 4. The molecule has 0 radical (unpaired) electrons. The van der Waals surface area contributed by atoms with Gasteiger partial charge < -0.3 is 16.4 Å². The largest absolute Gasteiger partial charge is 0.353 e. The highest BCUT2D eigenvalue weighted by Gasteiger charge is 2.41. The average molecular weight is 231 g/mol. The monoisotopic (exact) mass is 231 g/mol. The zero-order valence-electron chi connectivity index (χ0n) is 8.84. The summed E-state index contributed by atoms with van der Waals surface area (Å²) in [5, 5.41) is 5.22. The van der Waals surface area contributed by atoms with Gasteiger partial charge in [-0.25, -0.2) is 0 Å². The molecule has 0 heterocycles. The van der Waals surface area contributed by atoms with Crippen LogP contribution in [0, 0.1) is 0 Å². The molecule has 86 valence electrons. The van der Waals surface area contributed by atoms with Crippen LogP contribution in [-0.2, 0) is 9.59 Å². The van der Waals surface area contributed by atoms with Gasteiger partial charge in [-0.1, -0.05) is 0 Å². The highest BCUT2D eigenvalue weighted by atomic mass is 32.2. The van der Waals surface area contributed by atoms with Crippen LogP contribution in [-0.4, -0.2) is 42.5 Å². The van der Waals surface area contributed by atoms with Crippen molar-refractivity contribution in [1.29, 1.82) is 0 Å². The lowest BCUT2D eigenvalue weighted by Gasteiger charge is -2.13. The molecule has 1 aliphatic rings. The summed E-state index contributed by atoms with van der Waals surface area (Å²) >= 11 is 1.79. The SMILES string of the molecule is CSC1(CNC(=O)CNC(=O)CN)CC1. The van der Waals surface area contributed by atoms with E-state index in [1.165, 1.54) is 0 Å². The van der Waals surface area contributed by atoms with Gasteiger partial charge in [-0.2, -0.15) is 11.8 Å². The summed E-state index contributed by atoms with van der Waals surface area (Å²) in [7, 11) is 0. The van der Waals surface area contributed by atoms with Gasteiger partial charge in [-0.05, 0) is 19.1 Å². The fourth-order valence-electron chi connectivity index (χ4n) is 1.17. The van der Waals surface area contributed by atoms with Crippen molar-refractivity contribution >= 4 is 23.6 Å². The van der Waals surface area contributed by atoms with E-state index in [0.29, 0.717) is 6.54 Å². The van der Waals surface area contributed by atoms with Crippen LogP contribution < -0.4 is 16.4 Å². The molecule has 0 spiro atoms. The smallest absolute Gasteiger partial charge is 0.239 e. The lowest BCUT2D eigenvalue weighted by molar-refractivity contribution is -0.125. The predicted octanol–water partition coefficient (Wildman–Crippen LogP) is -0.927. The van der Waals surface area contributed by atoms with Crippen molar-refractivity contribution in [2.24, 2.45) is 5.73 Å². The molecule has 1 rings (SSSR count). The number of rotatable bonds is 6. The summed E-state index contributed by atoms with van der Waals surface area (Å²) in [4.78, 5) is 22.0. The zero-order chi connectivity index (χ0) is 11.3. The molecular weight excluding hydrogens is 214 g/mol. The third kappa shape index (κ3) is 4.09. The quantitative estimate of drug-likeness (QED) is 0.551. The van der Waals surface area contributed by atoms with Crippen molar-refractivity contribution in [2.45, 2.75) is 17.6 Å². The van der Waals surface area contributed by atoms with Gasteiger partial charge in [0.25, 0.3) is 0 Å². The molecule has 6 heteroatoms. The van der Waals surface area contributed by atoms with Crippen molar-refractivity contribution in [3.05, 3.63) is 0 Å². The Morgan fingerprint density at radius 3 is 2.47 bits per heavy atom. The predicted molar refractivity (Wildman–Crippen MR) is 60.6 cm³/mol. The molecule has 5 nitrogen and oxygen atoms in total. The Morgan fingerprint density at radius 2 is 2.00 bits per heavy atom. The summed E-state index contributed by atoms with van der Waals surface area (Å²) in [6.07, 6.45) is 4.36. The minimum absolute atomic E-state index is 0.0144. The van der Waals surface area contributed by atoms with E-state index in [1.807, 2.05) is 0 Å². The Kier molecular flexibility index (Phi) is 4.41. The fourth-order valence-corrected chi connectivity index (χ4v) is 1.89. The van der Waals surface area contributed by atoms with E-state index in [1.54, 1.807) is 11.8 Å². The molecule has 0 bridgehead atoms. The van der Waals surface area contributed by atoms with Gasteiger partial charge in [-0.15, -0.1) is 0 Å². The Bertz CT molecular complexity index is 254. The van der Waals surface area contributed by atoms with Gasteiger partial charge in [0.2, 0.25) is 11.8 Å². The molecule has 0 aromatic heterocycles.